The zero-order chi connectivity index (χ0) is 18.4. The molecule has 138 valence electrons. The van der Waals surface area contributed by atoms with E-state index in [1.54, 1.807) is 0 Å². The third-order valence-electron chi connectivity index (χ3n) is 4.98. The number of esters is 1. The molecule has 2 atom stereocenters. The molecule has 0 spiro atoms. The van der Waals surface area contributed by atoms with Crippen LogP contribution in [-0.2, 0) is 20.7 Å². The summed E-state index contributed by atoms with van der Waals surface area (Å²) in [5, 5.41) is 0. The number of ether oxygens (including phenoxy) is 2. The molecule has 4 nitrogen and oxygen atoms in total. The first-order valence-electron chi connectivity index (χ1n) is 8.97. The van der Waals surface area contributed by atoms with Crippen molar-refractivity contribution in [2.75, 3.05) is 14.2 Å². The lowest BCUT2D eigenvalue weighted by Gasteiger charge is -2.30. The van der Waals surface area contributed by atoms with Crippen LogP contribution in [0.25, 0.3) is 0 Å². The Morgan fingerprint density at radius 2 is 2.04 bits per heavy atom. The average molecular weight is 350 g/mol. The number of hydrogen-bond donors (Lipinski definition) is 0. The van der Waals surface area contributed by atoms with E-state index in [0.717, 1.165) is 31.2 Å². The maximum Gasteiger partial charge on any atom is 0.309 e. The molecule has 0 aromatic heterocycles. The molecular formula is C20H27FO4. The summed E-state index contributed by atoms with van der Waals surface area (Å²) in [6, 6.07) is 3.35. The monoisotopic (exact) mass is 350 g/mol. The Balaban J connectivity index is 2.37. The molecule has 1 saturated carbocycles. The molecule has 0 aliphatic heterocycles. The van der Waals surface area contributed by atoms with Crippen molar-refractivity contribution in [3.8, 4) is 5.75 Å². The molecule has 0 heterocycles. The summed E-state index contributed by atoms with van der Waals surface area (Å²) >= 11 is 0. The maximum absolute atomic E-state index is 14.9. The van der Waals surface area contributed by atoms with Crippen molar-refractivity contribution in [1.82, 2.24) is 0 Å². The second kappa shape index (κ2) is 8.97. The summed E-state index contributed by atoms with van der Waals surface area (Å²) in [6.45, 7) is 2.12. The van der Waals surface area contributed by atoms with Gasteiger partial charge in [-0.15, -0.1) is 0 Å². The SMILES string of the molecule is CCCCCc1cc(F)c([C@@H]2CC(=O)CC[C@H]2C(=O)OC)c(OC)c1. The van der Waals surface area contributed by atoms with Gasteiger partial charge >= 0.3 is 5.97 Å². The minimum Gasteiger partial charge on any atom is -0.496 e. The van der Waals surface area contributed by atoms with Crippen molar-refractivity contribution in [3.63, 3.8) is 0 Å². The fourth-order valence-corrected chi connectivity index (χ4v) is 3.64. The van der Waals surface area contributed by atoms with Gasteiger partial charge in [0.25, 0.3) is 0 Å². The number of aryl methyl sites for hydroxylation is 1. The van der Waals surface area contributed by atoms with Crippen LogP contribution in [0.1, 0.15) is 62.5 Å². The highest BCUT2D eigenvalue weighted by molar-refractivity contribution is 5.84. The van der Waals surface area contributed by atoms with Gasteiger partial charge < -0.3 is 9.47 Å². The first-order chi connectivity index (χ1) is 12.0. The van der Waals surface area contributed by atoms with Gasteiger partial charge in [0.1, 0.15) is 17.3 Å². The lowest BCUT2D eigenvalue weighted by molar-refractivity contribution is -0.148. The van der Waals surface area contributed by atoms with Crippen LogP contribution in [0.15, 0.2) is 12.1 Å². The Bertz CT molecular complexity index is 626. The molecule has 2 rings (SSSR count). The van der Waals surface area contributed by atoms with Gasteiger partial charge in [0.2, 0.25) is 0 Å². The molecule has 0 radical (unpaired) electrons. The van der Waals surface area contributed by atoms with E-state index in [-0.39, 0.29) is 12.2 Å². The lowest BCUT2D eigenvalue weighted by atomic mass is 9.74. The molecule has 1 aliphatic carbocycles. The molecule has 1 aliphatic rings. The van der Waals surface area contributed by atoms with Crippen molar-refractivity contribution >= 4 is 11.8 Å². The zero-order valence-electron chi connectivity index (χ0n) is 15.3. The third kappa shape index (κ3) is 4.59. The van der Waals surface area contributed by atoms with Gasteiger partial charge in [-0.25, -0.2) is 4.39 Å². The number of Topliss-reactive ketones (excluding diaryl/α,β-unsaturated/α-hetero) is 1. The van der Waals surface area contributed by atoms with Gasteiger partial charge in [-0.3, -0.25) is 9.59 Å². The fourth-order valence-electron chi connectivity index (χ4n) is 3.64. The Morgan fingerprint density at radius 1 is 1.28 bits per heavy atom. The highest BCUT2D eigenvalue weighted by Gasteiger charge is 2.39. The van der Waals surface area contributed by atoms with Gasteiger partial charge in [-0.05, 0) is 37.0 Å². The minimum atomic E-state index is -0.534. The molecule has 0 unspecified atom stereocenters. The van der Waals surface area contributed by atoms with Crippen LogP contribution in [0.2, 0.25) is 0 Å². The van der Waals surface area contributed by atoms with Crippen LogP contribution in [0.3, 0.4) is 0 Å². The summed E-state index contributed by atoms with van der Waals surface area (Å²) in [7, 11) is 2.81. The van der Waals surface area contributed by atoms with Crippen molar-refractivity contribution in [2.45, 2.75) is 57.8 Å². The largest absolute Gasteiger partial charge is 0.496 e. The van der Waals surface area contributed by atoms with Crippen molar-refractivity contribution in [2.24, 2.45) is 5.92 Å². The number of hydrogen-bond acceptors (Lipinski definition) is 4. The first kappa shape index (κ1) is 19.4. The predicted octanol–water partition coefficient (Wildman–Crippen LogP) is 4.19. The number of carbonyl (C=O) groups is 2. The number of methoxy groups -OCH3 is 2. The zero-order valence-corrected chi connectivity index (χ0v) is 15.3. The fraction of sp³-hybridized carbons (Fsp3) is 0.600. The first-order valence-corrected chi connectivity index (χ1v) is 8.97. The number of rotatable bonds is 7. The van der Waals surface area contributed by atoms with Gasteiger partial charge in [-0.2, -0.15) is 0 Å². The summed E-state index contributed by atoms with van der Waals surface area (Å²) in [5.74, 6) is -1.39. The molecular weight excluding hydrogens is 323 g/mol. The van der Waals surface area contributed by atoms with E-state index in [4.69, 9.17) is 9.47 Å². The highest BCUT2D eigenvalue weighted by atomic mass is 19.1. The summed E-state index contributed by atoms with van der Waals surface area (Å²) in [6.07, 6.45) is 4.82. The minimum absolute atomic E-state index is 0.0404. The number of carbonyl (C=O) groups excluding carboxylic acids is 2. The van der Waals surface area contributed by atoms with Crippen LogP contribution < -0.4 is 4.74 Å². The topological polar surface area (TPSA) is 52.6 Å². The van der Waals surface area contributed by atoms with Crippen LogP contribution in [0.4, 0.5) is 4.39 Å². The Labute approximate surface area is 148 Å². The number of benzene rings is 1. The number of ketones is 1. The number of halogens is 1. The van der Waals surface area contributed by atoms with Gasteiger partial charge in [0.15, 0.2) is 0 Å². The van der Waals surface area contributed by atoms with E-state index in [2.05, 4.69) is 6.92 Å². The normalized spacial score (nSPS) is 20.4. The summed E-state index contributed by atoms with van der Waals surface area (Å²) in [4.78, 5) is 24.1. The average Bonchev–Trinajstić information content (AvgIpc) is 2.60. The maximum atomic E-state index is 14.9. The van der Waals surface area contributed by atoms with Crippen molar-refractivity contribution in [3.05, 3.63) is 29.1 Å². The molecule has 0 bridgehead atoms. The van der Waals surface area contributed by atoms with E-state index < -0.39 is 23.6 Å². The Kier molecular flexibility index (Phi) is 6.97. The van der Waals surface area contributed by atoms with E-state index in [9.17, 15) is 14.0 Å². The molecule has 1 aromatic rings. The number of unbranched alkanes of at least 4 members (excludes halogenated alkanes) is 2. The Hall–Kier alpha value is -1.91. The van der Waals surface area contributed by atoms with Crippen LogP contribution >= 0.6 is 0 Å². The van der Waals surface area contributed by atoms with Crippen LogP contribution in [0, 0.1) is 11.7 Å². The lowest BCUT2D eigenvalue weighted by Crippen LogP contribution is -2.31. The molecule has 25 heavy (non-hydrogen) atoms. The van der Waals surface area contributed by atoms with Crippen molar-refractivity contribution < 1.29 is 23.5 Å². The standard InChI is InChI=1S/C20H27FO4/c1-4-5-6-7-13-10-17(21)19(18(11-13)24-2)16-12-14(22)8-9-15(16)20(23)25-3/h10-11,15-16H,4-9,12H2,1-3H3/t15-,16-/m1/s1. The van der Waals surface area contributed by atoms with Crippen LogP contribution in [-0.4, -0.2) is 26.0 Å². The van der Waals surface area contributed by atoms with Gasteiger partial charge in [0, 0.05) is 24.3 Å². The van der Waals surface area contributed by atoms with E-state index in [0.29, 0.717) is 24.2 Å². The predicted molar refractivity (Wildman–Crippen MR) is 93.3 cm³/mol. The summed E-state index contributed by atoms with van der Waals surface area (Å²) in [5.41, 5.74) is 1.20. The molecule has 5 heteroatoms. The molecule has 0 amide bonds. The highest BCUT2D eigenvalue weighted by Crippen LogP contribution is 2.42. The quantitative estimate of drug-likeness (QED) is 0.546. The van der Waals surface area contributed by atoms with E-state index in [1.807, 2.05) is 6.07 Å². The second-order valence-corrected chi connectivity index (χ2v) is 6.67. The van der Waals surface area contributed by atoms with Gasteiger partial charge in [0.05, 0.1) is 20.1 Å². The smallest absolute Gasteiger partial charge is 0.309 e. The Morgan fingerprint density at radius 3 is 2.68 bits per heavy atom. The molecule has 1 aromatic carbocycles. The van der Waals surface area contributed by atoms with Gasteiger partial charge in [-0.1, -0.05) is 19.8 Å². The van der Waals surface area contributed by atoms with Crippen LogP contribution in [0.5, 0.6) is 5.75 Å². The molecule has 0 saturated heterocycles. The van der Waals surface area contributed by atoms with E-state index >= 15 is 0 Å². The summed E-state index contributed by atoms with van der Waals surface area (Å²) < 4.78 is 25.2. The molecule has 0 N–H and O–H groups in total. The second-order valence-electron chi connectivity index (χ2n) is 6.67. The third-order valence-corrected chi connectivity index (χ3v) is 4.98. The van der Waals surface area contributed by atoms with Crippen molar-refractivity contribution in [1.29, 1.82) is 0 Å². The molecule has 1 fully saturated rings. The van der Waals surface area contributed by atoms with E-state index in [1.165, 1.54) is 20.3 Å².